The SMILES string of the molecule is COc1ccc2cc([C@H]3CN(CCCn4cccn4)CCO3)ccc2c1. The number of benzene rings is 2. The molecule has 2 heterocycles. The summed E-state index contributed by atoms with van der Waals surface area (Å²) in [6, 6.07) is 14.7. The van der Waals surface area contributed by atoms with Crippen LogP contribution < -0.4 is 4.74 Å². The van der Waals surface area contributed by atoms with Crippen LogP contribution in [0.25, 0.3) is 10.8 Å². The van der Waals surface area contributed by atoms with Gasteiger partial charge < -0.3 is 9.47 Å². The van der Waals surface area contributed by atoms with Gasteiger partial charge in [-0.1, -0.05) is 18.2 Å². The van der Waals surface area contributed by atoms with Gasteiger partial charge in [0.25, 0.3) is 0 Å². The van der Waals surface area contributed by atoms with Crippen molar-refractivity contribution in [3.63, 3.8) is 0 Å². The largest absolute Gasteiger partial charge is 0.497 e. The van der Waals surface area contributed by atoms with Gasteiger partial charge in [0.15, 0.2) is 0 Å². The van der Waals surface area contributed by atoms with Crippen LogP contribution >= 0.6 is 0 Å². The Morgan fingerprint density at radius 3 is 2.88 bits per heavy atom. The molecule has 2 aromatic carbocycles. The first-order chi connectivity index (χ1) is 12.8. The Kier molecular flexibility index (Phi) is 5.18. The summed E-state index contributed by atoms with van der Waals surface area (Å²) in [4.78, 5) is 2.50. The number of ether oxygens (including phenoxy) is 2. The van der Waals surface area contributed by atoms with Gasteiger partial charge in [-0.2, -0.15) is 5.10 Å². The van der Waals surface area contributed by atoms with Crippen LogP contribution in [-0.2, 0) is 11.3 Å². The van der Waals surface area contributed by atoms with Crippen molar-refractivity contribution >= 4 is 10.8 Å². The van der Waals surface area contributed by atoms with Gasteiger partial charge in [-0.05, 0) is 47.0 Å². The van der Waals surface area contributed by atoms with Crippen molar-refractivity contribution in [2.75, 3.05) is 33.4 Å². The van der Waals surface area contributed by atoms with Crippen molar-refractivity contribution in [2.24, 2.45) is 0 Å². The minimum atomic E-state index is 0.139. The third kappa shape index (κ3) is 3.89. The molecule has 1 aromatic heterocycles. The fraction of sp³-hybridized carbons (Fsp3) is 0.381. The molecule has 1 saturated heterocycles. The molecule has 5 nitrogen and oxygen atoms in total. The zero-order valence-corrected chi connectivity index (χ0v) is 15.2. The summed E-state index contributed by atoms with van der Waals surface area (Å²) in [7, 11) is 1.70. The zero-order chi connectivity index (χ0) is 17.8. The van der Waals surface area contributed by atoms with E-state index in [1.54, 1.807) is 7.11 Å². The molecule has 26 heavy (non-hydrogen) atoms. The van der Waals surface area contributed by atoms with E-state index in [-0.39, 0.29) is 6.10 Å². The predicted molar refractivity (Wildman–Crippen MR) is 102 cm³/mol. The number of nitrogens with zero attached hydrogens (tertiary/aromatic N) is 3. The second kappa shape index (κ2) is 7.89. The van der Waals surface area contributed by atoms with Crippen LogP contribution in [0.1, 0.15) is 18.1 Å². The molecule has 0 aliphatic carbocycles. The third-order valence-corrected chi connectivity index (χ3v) is 5.01. The number of aryl methyl sites for hydroxylation is 1. The fourth-order valence-electron chi connectivity index (χ4n) is 3.57. The highest BCUT2D eigenvalue weighted by Gasteiger charge is 2.21. The van der Waals surface area contributed by atoms with Crippen LogP contribution in [0.15, 0.2) is 54.9 Å². The van der Waals surface area contributed by atoms with E-state index in [4.69, 9.17) is 9.47 Å². The van der Waals surface area contributed by atoms with Gasteiger partial charge in [0, 0.05) is 38.6 Å². The van der Waals surface area contributed by atoms with Crippen LogP contribution in [0.4, 0.5) is 0 Å². The minimum Gasteiger partial charge on any atom is -0.497 e. The summed E-state index contributed by atoms with van der Waals surface area (Å²) < 4.78 is 13.4. The van der Waals surface area contributed by atoms with E-state index in [0.29, 0.717) is 0 Å². The quantitative estimate of drug-likeness (QED) is 0.681. The molecule has 3 aromatic rings. The zero-order valence-electron chi connectivity index (χ0n) is 15.2. The highest BCUT2D eigenvalue weighted by Crippen LogP contribution is 2.27. The summed E-state index contributed by atoms with van der Waals surface area (Å²) in [5.74, 6) is 0.891. The molecule has 1 fully saturated rings. The molecular weight excluding hydrogens is 326 g/mol. The van der Waals surface area contributed by atoms with Gasteiger partial charge in [0.05, 0.1) is 19.8 Å². The van der Waals surface area contributed by atoms with E-state index < -0.39 is 0 Å². The highest BCUT2D eigenvalue weighted by molar-refractivity contribution is 5.84. The molecule has 0 spiro atoms. The number of morpholine rings is 1. The van der Waals surface area contributed by atoms with E-state index >= 15 is 0 Å². The Morgan fingerprint density at radius 1 is 1.15 bits per heavy atom. The molecule has 0 bridgehead atoms. The number of fused-ring (bicyclic) bond motifs is 1. The van der Waals surface area contributed by atoms with Gasteiger partial charge in [-0.3, -0.25) is 9.58 Å². The molecule has 0 N–H and O–H groups in total. The maximum absolute atomic E-state index is 6.06. The monoisotopic (exact) mass is 351 g/mol. The number of hydrogen-bond donors (Lipinski definition) is 0. The molecule has 0 unspecified atom stereocenters. The lowest BCUT2D eigenvalue weighted by atomic mass is 10.0. The molecule has 1 aliphatic rings. The first-order valence-electron chi connectivity index (χ1n) is 9.21. The van der Waals surface area contributed by atoms with E-state index in [9.17, 15) is 0 Å². The standard InChI is InChI=1S/C21H25N3O2/c1-25-20-7-6-17-14-19(5-4-18(17)15-20)21-16-23(12-13-26-21)9-3-11-24-10-2-8-22-24/h2,4-8,10,14-15,21H,3,9,11-13,16H2,1H3/t21-/m1/s1. The van der Waals surface area contributed by atoms with E-state index in [1.165, 1.54) is 16.3 Å². The predicted octanol–water partition coefficient (Wildman–Crippen LogP) is 3.51. The van der Waals surface area contributed by atoms with Crippen LogP contribution in [0.3, 0.4) is 0 Å². The van der Waals surface area contributed by atoms with Crippen molar-refractivity contribution in [1.29, 1.82) is 0 Å². The van der Waals surface area contributed by atoms with E-state index in [2.05, 4.69) is 40.3 Å². The Hall–Kier alpha value is -2.37. The lowest BCUT2D eigenvalue weighted by molar-refractivity contribution is -0.0304. The fourth-order valence-corrected chi connectivity index (χ4v) is 3.57. The van der Waals surface area contributed by atoms with Crippen molar-refractivity contribution in [3.8, 4) is 5.75 Å². The molecular formula is C21H25N3O2. The molecule has 0 saturated carbocycles. The Labute approximate surface area is 154 Å². The Balaban J connectivity index is 1.39. The first kappa shape index (κ1) is 17.1. The molecule has 5 heteroatoms. The van der Waals surface area contributed by atoms with Gasteiger partial charge in [0.2, 0.25) is 0 Å². The first-order valence-corrected chi connectivity index (χ1v) is 9.21. The summed E-state index contributed by atoms with van der Waals surface area (Å²) in [6.45, 7) is 4.77. The van der Waals surface area contributed by atoms with Crippen LogP contribution in [0.5, 0.6) is 5.75 Å². The highest BCUT2D eigenvalue weighted by atomic mass is 16.5. The molecule has 0 radical (unpaired) electrons. The van der Waals surface area contributed by atoms with Crippen molar-refractivity contribution in [3.05, 3.63) is 60.4 Å². The Morgan fingerprint density at radius 2 is 2.04 bits per heavy atom. The summed E-state index contributed by atoms with van der Waals surface area (Å²) in [5, 5.41) is 6.69. The van der Waals surface area contributed by atoms with Crippen LogP contribution in [-0.4, -0.2) is 48.0 Å². The van der Waals surface area contributed by atoms with Gasteiger partial charge in [-0.15, -0.1) is 0 Å². The van der Waals surface area contributed by atoms with Gasteiger partial charge in [-0.25, -0.2) is 0 Å². The number of methoxy groups -OCH3 is 1. The number of hydrogen-bond acceptors (Lipinski definition) is 4. The average molecular weight is 351 g/mol. The van der Waals surface area contributed by atoms with Gasteiger partial charge >= 0.3 is 0 Å². The molecule has 136 valence electrons. The lowest BCUT2D eigenvalue weighted by Gasteiger charge is -2.33. The van der Waals surface area contributed by atoms with Gasteiger partial charge in [0.1, 0.15) is 5.75 Å². The topological polar surface area (TPSA) is 39.5 Å². The van der Waals surface area contributed by atoms with E-state index in [1.807, 2.05) is 29.2 Å². The summed E-state index contributed by atoms with van der Waals surface area (Å²) in [5.41, 5.74) is 1.25. The van der Waals surface area contributed by atoms with Crippen molar-refractivity contribution in [2.45, 2.75) is 19.1 Å². The minimum absolute atomic E-state index is 0.139. The second-order valence-corrected chi connectivity index (χ2v) is 6.76. The van der Waals surface area contributed by atoms with Crippen LogP contribution in [0, 0.1) is 0 Å². The van der Waals surface area contributed by atoms with Crippen molar-refractivity contribution < 1.29 is 9.47 Å². The average Bonchev–Trinajstić information content (AvgIpc) is 3.21. The normalized spacial score (nSPS) is 18.3. The molecule has 0 amide bonds. The maximum Gasteiger partial charge on any atom is 0.119 e. The summed E-state index contributed by atoms with van der Waals surface area (Å²) >= 11 is 0. The third-order valence-electron chi connectivity index (χ3n) is 5.01. The Bertz CT molecular complexity index is 848. The van der Waals surface area contributed by atoms with Crippen molar-refractivity contribution in [1.82, 2.24) is 14.7 Å². The second-order valence-electron chi connectivity index (χ2n) is 6.76. The number of aromatic nitrogens is 2. The summed E-state index contributed by atoms with van der Waals surface area (Å²) in [6.07, 6.45) is 5.10. The van der Waals surface area contributed by atoms with E-state index in [0.717, 1.165) is 45.0 Å². The molecule has 4 rings (SSSR count). The number of rotatable bonds is 6. The molecule has 1 atom stereocenters. The van der Waals surface area contributed by atoms with Crippen LogP contribution in [0.2, 0.25) is 0 Å². The lowest BCUT2D eigenvalue weighted by Crippen LogP contribution is -2.39. The maximum atomic E-state index is 6.06. The smallest absolute Gasteiger partial charge is 0.119 e. The molecule has 1 aliphatic heterocycles.